The Labute approximate surface area is 153 Å². The van der Waals surface area contributed by atoms with Gasteiger partial charge in [0.25, 0.3) is 10.0 Å². The Morgan fingerprint density at radius 3 is 2.38 bits per heavy atom. The second-order valence-corrected chi connectivity index (χ2v) is 9.72. The van der Waals surface area contributed by atoms with Crippen molar-refractivity contribution in [1.29, 1.82) is 0 Å². The fourth-order valence-electron chi connectivity index (χ4n) is 2.82. The third-order valence-corrected chi connectivity index (χ3v) is 7.45. The summed E-state index contributed by atoms with van der Waals surface area (Å²) in [6.07, 6.45) is 0.559. The molecule has 0 unspecified atom stereocenters. The van der Waals surface area contributed by atoms with E-state index in [9.17, 15) is 16.8 Å². The van der Waals surface area contributed by atoms with E-state index < -0.39 is 20.0 Å². The third kappa shape index (κ3) is 3.63. The normalized spacial score (nSPS) is 16.5. The van der Waals surface area contributed by atoms with E-state index in [0.29, 0.717) is 30.1 Å². The lowest BCUT2D eigenvalue weighted by Gasteiger charge is -2.20. The standard InChI is InChI=1S/C17H20N2O5S2/c1-13-4-5-14(12-17(13)19-10-3-11-25(19,20)21)18-26(22,23)16-8-6-15(24-2)7-9-16/h4-9,12,18H,3,10-11H2,1-2H3. The Kier molecular flexibility index (Phi) is 4.85. The van der Waals surface area contributed by atoms with Crippen LogP contribution in [0.3, 0.4) is 0 Å². The maximum Gasteiger partial charge on any atom is 0.261 e. The van der Waals surface area contributed by atoms with Crippen molar-refractivity contribution in [3.63, 3.8) is 0 Å². The van der Waals surface area contributed by atoms with Gasteiger partial charge in [-0.1, -0.05) is 6.07 Å². The lowest BCUT2D eigenvalue weighted by Crippen LogP contribution is -2.26. The van der Waals surface area contributed by atoms with Gasteiger partial charge in [-0.25, -0.2) is 16.8 Å². The summed E-state index contributed by atoms with van der Waals surface area (Å²) in [5, 5.41) is 0. The smallest absolute Gasteiger partial charge is 0.261 e. The maximum absolute atomic E-state index is 12.6. The minimum absolute atomic E-state index is 0.0919. The van der Waals surface area contributed by atoms with Crippen LogP contribution in [-0.2, 0) is 20.0 Å². The number of nitrogens with zero attached hydrogens (tertiary/aromatic N) is 1. The number of hydrogen-bond acceptors (Lipinski definition) is 5. The molecule has 1 saturated heterocycles. The molecule has 0 aromatic heterocycles. The fourth-order valence-corrected chi connectivity index (χ4v) is 5.49. The van der Waals surface area contributed by atoms with E-state index in [1.807, 2.05) is 0 Å². The van der Waals surface area contributed by atoms with E-state index in [4.69, 9.17) is 4.74 Å². The van der Waals surface area contributed by atoms with Crippen LogP contribution in [0.5, 0.6) is 5.75 Å². The first kappa shape index (κ1) is 18.5. The van der Waals surface area contributed by atoms with Crippen LogP contribution in [0.15, 0.2) is 47.4 Å². The summed E-state index contributed by atoms with van der Waals surface area (Å²) in [6.45, 7) is 2.20. The van der Waals surface area contributed by atoms with Crippen LogP contribution in [0.4, 0.5) is 11.4 Å². The first-order valence-corrected chi connectivity index (χ1v) is 11.1. The molecule has 1 N–H and O–H groups in total. The Bertz CT molecular complexity index is 1020. The molecule has 0 saturated carbocycles. The van der Waals surface area contributed by atoms with Crippen LogP contribution in [0, 0.1) is 6.92 Å². The van der Waals surface area contributed by atoms with Gasteiger partial charge in [0.1, 0.15) is 5.75 Å². The minimum atomic E-state index is -3.79. The van der Waals surface area contributed by atoms with Crippen molar-refractivity contribution in [2.75, 3.05) is 28.4 Å². The molecule has 0 radical (unpaired) electrons. The number of rotatable bonds is 5. The first-order chi connectivity index (χ1) is 12.2. The highest BCUT2D eigenvalue weighted by Gasteiger charge is 2.29. The molecule has 1 fully saturated rings. The number of sulfonamides is 2. The van der Waals surface area contributed by atoms with Crippen LogP contribution >= 0.6 is 0 Å². The van der Waals surface area contributed by atoms with Crippen LogP contribution in [0.2, 0.25) is 0 Å². The summed E-state index contributed by atoms with van der Waals surface area (Å²) in [7, 11) is -5.63. The Morgan fingerprint density at radius 2 is 1.81 bits per heavy atom. The van der Waals surface area contributed by atoms with E-state index in [2.05, 4.69) is 4.72 Å². The molecule has 7 nitrogen and oxygen atoms in total. The van der Waals surface area contributed by atoms with E-state index in [1.165, 1.54) is 23.5 Å². The van der Waals surface area contributed by atoms with Gasteiger partial charge in [0, 0.05) is 6.54 Å². The first-order valence-electron chi connectivity index (χ1n) is 8.01. The summed E-state index contributed by atoms with van der Waals surface area (Å²) in [5.74, 6) is 0.662. The molecule has 2 aromatic carbocycles. The molecule has 3 rings (SSSR count). The van der Waals surface area contributed by atoms with Crippen molar-refractivity contribution in [3.8, 4) is 5.75 Å². The average molecular weight is 396 g/mol. The van der Waals surface area contributed by atoms with E-state index in [1.54, 1.807) is 37.3 Å². The summed E-state index contributed by atoms with van der Waals surface area (Å²) in [4.78, 5) is 0.0919. The van der Waals surface area contributed by atoms with Crippen molar-refractivity contribution in [2.45, 2.75) is 18.2 Å². The van der Waals surface area contributed by atoms with Gasteiger partial charge in [-0.05, 0) is 55.3 Å². The number of methoxy groups -OCH3 is 1. The highest BCUT2D eigenvalue weighted by molar-refractivity contribution is 7.93. The quantitative estimate of drug-likeness (QED) is 0.837. The minimum Gasteiger partial charge on any atom is -0.497 e. The largest absolute Gasteiger partial charge is 0.497 e. The Balaban J connectivity index is 1.91. The predicted octanol–water partition coefficient (Wildman–Crippen LogP) is 2.34. The monoisotopic (exact) mass is 396 g/mol. The highest BCUT2D eigenvalue weighted by atomic mass is 32.2. The van der Waals surface area contributed by atoms with Gasteiger partial charge in [0.2, 0.25) is 10.0 Å². The van der Waals surface area contributed by atoms with Crippen molar-refractivity contribution >= 4 is 31.4 Å². The number of hydrogen-bond donors (Lipinski definition) is 1. The molecule has 140 valence electrons. The number of aryl methyl sites for hydroxylation is 1. The number of nitrogens with one attached hydrogen (secondary N) is 1. The fraction of sp³-hybridized carbons (Fsp3) is 0.294. The number of benzene rings is 2. The van der Waals surface area contributed by atoms with Crippen LogP contribution in [0.25, 0.3) is 0 Å². The lowest BCUT2D eigenvalue weighted by atomic mass is 10.2. The van der Waals surface area contributed by atoms with Gasteiger partial charge in [-0.2, -0.15) is 0 Å². The Hall–Kier alpha value is -2.26. The number of ether oxygens (including phenoxy) is 1. The highest BCUT2D eigenvalue weighted by Crippen LogP contribution is 2.31. The molecule has 0 atom stereocenters. The molecule has 1 aliphatic rings. The van der Waals surface area contributed by atoms with Crippen LogP contribution < -0.4 is 13.8 Å². The SMILES string of the molecule is COc1ccc(S(=O)(=O)Nc2ccc(C)c(N3CCCS3(=O)=O)c2)cc1. The second-order valence-electron chi connectivity index (χ2n) is 6.02. The van der Waals surface area contributed by atoms with E-state index in [0.717, 1.165) is 5.56 Å². The molecular formula is C17H20N2O5S2. The van der Waals surface area contributed by atoms with Crippen LogP contribution in [-0.4, -0.2) is 36.2 Å². The lowest BCUT2D eigenvalue weighted by molar-refractivity contribution is 0.414. The van der Waals surface area contributed by atoms with Gasteiger partial charge in [-0.15, -0.1) is 0 Å². The summed E-state index contributed by atoms with van der Waals surface area (Å²) < 4.78 is 58.3. The molecule has 0 aliphatic carbocycles. The molecular weight excluding hydrogens is 376 g/mol. The van der Waals surface area contributed by atoms with Crippen molar-refractivity contribution in [3.05, 3.63) is 48.0 Å². The van der Waals surface area contributed by atoms with Crippen molar-refractivity contribution < 1.29 is 21.6 Å². The van der Waals surface area contributed by atoms with Crippen molar-refractivity contribution in [2.24, 2.45) is 0 Å². The zero-order valence-corrected chi connectivity index (χ0v) is 16.1. The maximum atomic E-state index is 12.6. The summed E-state index contributed by atoms with van der Waals surface area (Å²) >= 11 is 0. The summed E-state index contributed by atoms with van der Waals surface area (Å²) in [6, 6.07) is 10.9. The van der Waals surface area contributed by atoms with Gasteiger partial charge < -0.3 is 4.74 Å². The number of anilines is 2. The van der Waals surface area contributed by atoms with Crippen molar-refractivity contribution in [1.82, 2.24) is 0 Å². The molecule has 26 heavy (non-hydrogen) atoms. The van der Waals surface area contributed by atoms with Crippen LogP contribution in [0.1, 0.15) is 12.0 Å². The molecule has 9 heteroatoms. The second kappa shape index (κ2) is 6.81. The molecule has 2 aromatic rings. The average Bonchev–Trinajstić information content (AvgIpc) is 2.95. The van der Waals surface area contributed by atoms with Gasteiger partial charge in [-0.3, -0.25) is 9.03 Å². The topological polar surface area (TPSA) is 92.8 Å². The third-order valence-electron chi connectivity index (χ3n) is 4.20. The van der Waals surface area contributed by atoms with Gasteiger partial charge in [0.15, 0.2) is 0 Å². The molecule has 1 aliphatic heterocycles. The molecule has 0 bridgehead atoms. The molecule has 0 amide bonds. The molecule has 1 heterocycles. The summed E-state index contributed by atoms with van der Waals surface area (Å²) in [5.41, 5.74) is 1.57. The van der Waals surface area contributed by atoms with Gasteiger partial charge >= 0.3 is 0 Å². The van der Waals surface area contributed by atoms with Gasteiger partial charge in [0.05, 0.1) is 29.1 Å². The van der Waals surface area contributed by atoms with E-state index in [-0.39, 0.29) is 10.6 Å². The Morgan fingerprint density at radius 1 is 1.12 bits per heavy atom. The zero-order chi connectivity index (χ0) is 18.9. The molecule has 0 spiro atoms. The predicted molar refractivity (Wildman–Crippen MR) is 101 cm³/mol. The zero-order valence-electron chi connectivity index (χ0n) is 14.5. The van der Waals surface area contributed by atoms with E-state index >= 15 is 0 Å².